The van der Waals surface area contributed by atoms with Gasteiger partial charge in [-0.25, -0.2) is 4.79 Å². The maximum absolute atomic E-state index is 13.5. The maximum atomic E-state index is 13.5. The van der Waals surface area contributed by atoms with E-state index in [1.807, 2.05) is 65.6 Å². The molecule has 1 fully saturated rings. The molecule has 0 unspecified atom stereocenters. The lowest BCUT2D eigenvalue weighted by Gasteiger charge is -2.35. The minimum Gasteiger partial charge on any atom is -0.366 e. The fourth-order valence-electron chi connectivity index (χ4n) is 5.57. The second-order valence-corrected chi connectivity index (χ2v) is 10.6. The summed E-state index contributed by atoms with van der Waals surface area (Å²) in [6, 6.07) is 31.6. The summed E-state index contributed by atoms with van der Waals surface area (Å²) in [6.07, 6.45) is 1.82. The number of benzene rings is 4. The Balaban J connectivity index is 1.25. The molecule has 1 aliphatic heterocycles. The van der Waals surface area contributed by atoms with Crippen LogP contribution < -0.4 is 10.2 Å². The molecule has 1 aliphatic rings. The molecule has 0 spiro atoms. The fourth-order valence-corrected chi connectivity index (χ4v) is 5.57. The van der Waals surface area contributed by atoms with Crippen LogP contribution in [0.2, 0.25) is 0 Å². The molecule has 0 atom stereocenters. The van der Waals surface area contributed by atoms with E-state index >= 15 is 0 Å². The molecule has 0 bridgehead atoms. The number of nitro groups is 1. The van der Waals surface area contributed by atoms with E-state index in [0.717, 1.165) is 24.1 Å². The first-order valence-electron chi connectivity index (χ1n) is 14.5. The van der Waals surface area contributed by atoms with Crippen molar-refractivity contribution in [2.75, 3.05) is 29.9 Å². The third-order valence-corrected chi connectivity index (χ3v) is 7.87. The Labute approximate surface area is 255 Å². The van der Waals surface area contributed by atoms with Crippen molar-refractivity contribution in [3.63, 3.8) is 0 Å². The highest BCUT2D eigenvalue weighted by Gasteiger charge is 2.26. The smallest absolute Gasteiger partial charge is 0.270 e. The van der Waals surface area contributed by atoms with E-state index in [9.17, 15) is 24.5 Å². The van der Waals surface area contributed by atoms with Crippen LogP contribution in [0.25, 0.3) is 0 Å². The molecule has 0 radical (unpaired) electrons. The number of hydrogen-bond acceptors (Lipinski definition) is 6. The van der Waals surface area contributed by atoms with E-state index in [4.69, 9.17) is 0 Å². The van der Waals surface area contributed by atoms with Crippen molar-refractivity contribution in [1.29, 1.82) is 0 Å². The van der Waals surface area contributed by atoms with Crippen molar-refractivity contribution in [2.45, 2.75) is 25.2 Å². The number of non-ortho nitro benzene ring substituents is 1. The molecule has 0 aromatic heterocycles. The zero-order valence-electron chi connectivity index (χ0n) is 24.1. The Morgan fingerprint density at radius 1 is 0.864 bits per heavy atom. The summed E-state index contributed by atoms with van der Waals surface area (Å²) in [6.45, 7) is 1.45. The van der Waals surface area contributed by atoms with Gasteiger partial charge in [-0.3, -0.25) is 19.7 Å². The third-order valence-electron chi connectivity index (χ3n) is 7.87. The molecule has 222 valence electrons. The number of piperidine rings is 1. The fraction of sp³-hybridized carbons (Fsp3) is 0.200. The minimum atomic E-state index is -0.532. The van der Waals surface area contributed by atoms with Gasteiger partial charge < -0.3 is 15.1 Å². The number of nitrogens with zero attached hydrogens (tertiary/aromatic N) is 3. The molecule has 1 N–H and O–H groups in total. The van der Waals surface area contributed by atoms with Gasteiger partial charge in [0, 0.05) is 60.7 Å². The van der Waals surface area contributed by atoms with Crippen molar-refractivity contribution >= 4 is 34.8 Å². The second kappa shape index (κ2) is 14.1. The zero-order valence-corrected chi connectivity index (χ0v) is 24.1. The Hall–Kier alpha value is -5.53. The van der Waals surface area contributed by atoms with Crippen molar-refractivity contribution < 1.29 is 19.3 Å². The molecular weight excluding hydrogens is 556 g/mol. The van der Waals surface area contributed by atoms with E-state index in [1.54, 1.807) is 30.3 Å². The average molecular weight is 589 g/mol. The van der Waals surface area contributed by atoms with Crippen LogP contribution in [0.1, 0.15) is 51.5 Å². The molecule has 44 heavy (non-hydrogen) atoms. The van der Waals surface area contributed by atoms with Gasteiger partial charge in [-0.2, -0.15) is 0 Å². The quantitative estimate of drug-likeness (QED) is 0.129. The monoisotopic (exact) mass is 588 g/mol. The van der Waals surface area contributed by atoms with E-state index in [1.165, 1.54) is 23.1 Å². The maximum Gasteiger partial charge on any atom is 0.270 e. The molecule has 0 aliphatic carbocycles. The third kappa shape index (κ3) is 7.09. The van der Waals surface area contributed by atoms with E-state index in [2.05, 4.69) is 11.3 Å². The Morgan fingerprint density at radius 2 is 1.50 bits per heavy atom. The van der Waals surface area contributed by atoms with Gasteiger partial charge in [-0.05, 0) is 60.7 Å². The molecule has 9 nitrogen and oxygen atoms in total. The summed E-state index contributed by atoms with van der Waals surface area (Å²) < 4.78 is 0. The van der Waals surface area contributed by atoms with Gasteiger partial charge in [0.15, 0.2) is 0 Å². The van der Waals surface area contributed by atoms with Gasteiger partial charge in [-0.1, -0.05) is 60.7 Å². The van der Waals surface area contributed by atoms with Gasteiger partial charge in [0.05, 0.1) is 4.92 Å². The lowest BCUT2D eigenvalue weighted by Crippen LogP contribution is -2.36. The van der Waals surface area contributed by atoms with Crippen molar-refractivity contribution in [3.8, 4) is 0 Å². The van der Waals surface area contributed by atoms with Gasteiger partial charge in [0.25, 0.3) is 17.5 Å². The molecular formula is C35H32N4O5. The molecule has 0 saturated carbocycles. The Bertz CT molecular complexity index is 1680. The zero-order chi connectivity index (χ0) is 30.9. The largest absolute Gasteiger partial charge is 0.366 e. The van der Waals surface area contributed by atoms with Crippen molar-refractivity contribution in [3.05, 3.63) is 142 Å². The summed E-state index contributed by atoms with van der Waals surface area (Å²) in [5.74, 6) is 1.74. The van der Waals surface area contributed by atoms with Crippen molar-refractivity contribution in [2.24, 2.45) is 0 Å². The normalized spacial score (nSPS) is 13.0. The van der Waals surface area contributed by atoms with E-state index in [-0.39, 0.29) is 36.0 Å². The van der Waals surface area contributed by atoms with E-state index in [0.29, 0.717) is 30.0 Å². The Morgan fingerprint density at radius 3 is 2.18 bits per heavy atom. The summed E-state index contributed by atoms with van der Waals surface area (Å²) >= 11 is 0. The molecule has 1 saturated heterocycles. The molecule has 5 rings (SSSR count). The van der Waals surface area contributed by atoms with Crippen LogP contribution in [0, 0.1) is 10.1 Å². The lowest BCUT2D eigenvalue weighted by molar-refractivity contribution is -0.384. The predicted octanol–water partition coefficient (Wildman–Crippen LogP) is 6.48. The highest BCUT2D eigenvalue weighted by atomic mass is 16.6. The van der Waals surface area contributed by atoms with Gasteiger partial charge in [0.2, 0.25) is 0 Å². The first-order valence-corrected chi connectivity index (χ1v) is 14.5. The number of anilines is 2. The number of carbonyl (C=O) groups is 2. The summed E-state index contributed by atoms with van der Waals surface area (Å²) in [4.78, 5) is 52.8. The van der Waals surface area contributed by atoms with Crippen LogP contribution >= 0.6 is 0 Å². The van der Waals surface area contributed by atoms with Crippen LogP contribution in [0.4, 0.5) is 17.1 Å². The Kier molecular flexibility index (Phi) is 9.59. The number of nitro benzene ring substituents is 1. The number of amides is 2. The molecule has 1 heterocycles. The summed E-state index contributed by atoms with van der Waals surface area (Å²) in [7, 11) is 0. The summed E-state index contributed by atoms with van der Waals surface area (Å²) in [5, 5.41) is 14.3. The number of para-hydroxylation sites is 2. The second-order valence-electron chi connectivity index (χ2n) is 10.6. The molecule has 4 aromatic rings. The lowest BCUT2D eigenvalue weighted by atomic mass is 9.88. The number of nitrogens with one attached hydrogen (secondary N) is 1. The molecule has 9 heteroatoms. The van der Waals surface area contributed by atoms with Crippen LogP contribution in [-0.4, -0.2) is 47.2 Å². The first-order chi connectivity index (χ1) is 21.4. The topological polar surface area (TPSA) is 113 Å². The van der Waals surface area contributed by atoms with Gasteiger partial charge >= 0.3 is 0 Å². The summed E-state index contributed by atoms with van der Waals surface area (Å²) in [5.41, 5.74) is 3.56. The van der Waals surface area contributed by atoms with Crippen LogP contribution in [0.15, 0.2) is 115 Å². The van der Waals surface area contributed by atoms with E-state index < -0.39 is 10.8 Å². The highest BCUT2D eigenvalue weighted by Crippen LogP contribution is 2.34. The van der Waals surface area contributed by atoms with Gasteiger partial charge in [-0.15, -0.1) is 0 Å². The SMILES string of the molecule is O=C=C(CCN(C(=O)c1cccc([N+](=O)[O-])c1)c1ccccc1)N1CCC(c2ccccc2NC(=O)c2ccccc2)CC1. The number of rotatable bonds is 10. The van der Waals surface area contributed by atoms with Crippen molar-refractivity contribution in [1.82, 2.24) is 4.90 Å². The predicted molar refractivity (Wildman–Crippen MR) is 169 cm³/mol. The van der Waals surface area contributed by atoms with Crippen LogP contribution in [0.3, 0.4) is 0 Å². The number of likely N-dealkylation sites (tertiary alicyclic amines) is 1. The van der Waals surface area contributed by atoms with Crippen LogP contribution in [-0.2, 0) is 4.79 Å². The first kappa shape index (κ1) is 29.9. The van der Waals surface area contributed by atoms with Crippen LogP contribution in [0.5, 0.6) is 0 Å². The molecule has 2 amide bonds. The highest BCUT2D eigenvalue weighted by molar-refractivity contribution is 6.06. The minimum absolute atomic E-state index is 0.163. The number of hydrogen-bond donors (Lipinski definition) is 1. The molecule has 4 aromatic carbocycles. The average Bonchev–Trinajstić information content (AvgIpc) is 3.08. The van der Waals surface area contributed by atoms with Gasteiger partial charge in [0.1, 0.15) is 11.6 Å². The number of carbonyl (C=O) groups excluding carboxylic acids is 3. The standard InChI is InChI=1S/C35H32N4O5/c40-25-31(20-23-38(29-13-5-2-6-14-29)35(42)28-12-9-15-30(24-28)39(43)44)37-21-18-26(19-22-37)32-16-7-8-17-33(32)36-34(41)27-10-3-1-4-11-27/h1-17,24,26H,18-23H2,(H,36,41).